The first kappa shape index (κ1) is 16.5. The molecular weight excluding hydrogens is 348 g/mol. The number of amides is 1. The number of nitrogens with one attached hydrogen (secondary N) is 2. The molecule has 0 saturated heterocycles. The van der Waals surface area contributed by atoms with Gasteiger partial charge in [0.15, 0.2) is 10.3 Å². The summed E-state index contributed by atoms with van der Waals surface area (Å²) in [5.41, 5.74) is 0.675. The van der Waals surface area contributed by atoms with Gasteiger partial charge in [-0.3, -0.25) is 9.59 Å². The molecule has 124 valence electrons. The lowest BCUT2D eigenvalue weighted by Crippen LogP contribution is -2.17. The molecule has 3 N–H and O–H groups in total. The smallest absolute Gasteiger partial charge is 0.258 e. The number of fused-ring (bicyclic) bond motifs is 1. The molecule has 0 atom stereocenters. The molecule has 0 aliphatic rings. The second kappa shape index (κ2) is 7.02. The molecule has 2 heterocycles. The van der Waals surface area contributed by atoms with Crippen molar-refractivity contribution in [3.8, 4) is 5.88 Å². The number of thioether (sulfide) groups is 1. The maximum absolute atomic E-state index is 12.0. The molecule has 2 aromatic heterocycles. The van der Waals surface area contributed by atoms with Gasteiger partial charge in [-0.1, -0.05) is 42.2 Å². The van der Waals surface area contributed by atoms with Crippen LogP contribution in [0.15, 0.2) is 34.2 Å². The Hall–Kier alpha value is -2.39. The van der Waals surface area contributed by atoms with Crippen LogP contribution < -0.4 is 10.9 Å². The normalized spacial score (nSPS) is 10.9. The number of nitrogens with zero attached hydrogens (tertiary/aromatic N) is 2. The maximum atomic E-state index is 12.0. The highest BCUT2D eigenvalue weighted by molar-refractivity contribution is 7.99. The van der Waals surface area contributed by atoms with Crippen LogP contribution in [-0.2, 0) is 11.2 Å². The molecule has 0 saturated carbocycles. The van der Waals surface area contributed by atoms with E-state index in [1.54, 1.807) is 6.92 Å². The molecule has 3 aromatic rings. The Balaban J connectivity index is 1.64. The van der Waals surface area contributed by atoms with Crippen molar-refractivity contribution in [2.24, 2.45) is 0 Å². The summed E-state index contributed by atoms with van der Waals surface area (Å²) in [6, 6.07) is 7.61. The van der Waals surface area contributed by atoms with Crippen LogP contribution in [0.4, 0.5) is 5.13 Å². The third-order valence-corrected chi connectivity index (χ3v) is 5.03. The monoisotopic (exact) mass is 362 g/mol. The zero-order valence-electron chi connectivity index (χ0n) is 12.7. The molecule has 1 amide bonds. The summed E-state index contributed by atoms with van der Waals surface area (Å²) in [6.45, 7) is 1.75. The van der Waals surface area contributed by atoms with Crippen LogP contribution >= 0.6 is 23.1 Å². The number of thiazole rings is 1. The Morgan fingerprint density at radius 1 is 1.38 bits per heavy atom. The summed E-state index contributed by atoms with van der Waals surface area (Å²) < 4.78 is 0.992. The van der Waals surface area contributed by atoms with Crippen molar-refractivity contribution in [3.63, 3.8) is 0 Å². The predicted octanol–water partition coefficient (Wildman–Crippen LogP) is 2.38. The number of hydrogen-bond donors (Lipinski definition) is 3. The van der Waals surface area contributed by atoms with E-state index in [1.807, 2.05) is 24.3 Å². The molecule has 3 rings (SSSR count). The van der Waals surface area contributed by atoms with Crippen molar-refractivity contribution < 1.29 is 9.90 Å². The van der Waals surface area contributed by atoms with Crippen LogP contribution in [0, 0.1) is 0 Å². The van der Waals surface area contributed by atoms with E-state index < -0.39 is 0 Å². The third-order valence-electron chi connectivity index (χ3n) is 3.21. The summed E-state index contributed by atoms with van der Waals surface area (Å²) >= 11 is 2.43. The second-order valence-electron chi connectivity index (χ2n) is 4.85. The van der Waals surface area contributed by atoms with Crippen LogP contribution in [0.5, 0.6) is 5.88 Å². The number of hydrogen-bond acceptors (Lipinski definition) is 7. The van der Waals surface area contributed by atoms with Crippen LogP contribution in [0.2, 0.25) is 0 Å². The molecule has 24 heavy (non-hydrogen) atoms. The topological polar surface area (TPSA) is 108 Å². The first-order valence-corrected chi connectivity index (χ1v) is 8.97. The van der Waals surface area contributed by atoms with Gasteiger partial charge in [-0.05, 0) is 18.6 Å². The minimum Gasteiger partial charge on any atom is -0.493 e. The van der Waals surface area contributed by atoms with E-state index in [-0.39, 0.29) is 33.8 Å². The Bertz CT molecular complexity index is 918. The summed E-state index contributed by atoms with van der Waals surface area (Å²) in [7, 11) is 0. The van der Waals surface area contributed by atoms with Gasteiger partial charge in [-0.25, -0.2) is 4.98 Å². The fourth-order valence-corrected chi connectivity index (χ4v) is 3.61. The van der Waals surface area contributed by atoms with Gasteiger partial charge in [0, 0.05) is 0 Å². The number of H-pyrrole nitrogens is 1. The van der Waals surface area contributed by atoms with Crippen molar-refractivity contribution in [1.29, 1.82) is 0 Å². The zero-order valence-corrected chi connectivity index (χ0v) is 14.3. The van der Waals surface area contributed by atoms with Crippen molar-refractivity contribution in [2.75, 3.05) is 11.1 Å². The number of carbonyl (C=O) groups is 1. The van der Waals surface area contributed by atoms with Gasteiger partial charge in [-0.15, -0.1) is 0 Å². The minimum atomic E-state index is -0.390. The van der Waals surface area contributed by atoms with Crippen molar-refractivity contribution >= 4 is 44.4 Å². The number of rotatable bonds is 5. The molecule has 0 unspecified atom stereocenters. The highest BCUT2D eigenvalue weighted by atomic mass is 32.2. The Kier molecular flexibility index (Phi) is 4.81. The third kappa shape index (κ3) is 3.57. The molecule has 0 spiro atoms. The first-order chi connectivity index (χ1) is 11.6. The highest BCUT2D eigenvalue weighted by Gasteiger charge is 2.12. The quantitative estimate of drug-likeness (QED) is 0.475. The van der Waals surface area contributed by atoms with Gasteiger partial charge >= 0.3 is 0 Å². The van der Waals surface area contributed by atoms with E-state index >= 15 is 0 Å². The summed E-state index contributed by atoms with van der Waals surface area (Å²) in [6.07, 6.45) is 0.386. The van der Waals surface area contributed by atoms with Crippen molar-refractivity contribution in [2.45, 2.75) is 18.5 Å². The van der Waals surface area contributed by atoms with Gasteiger partial charge in [-0.2, -0.15) is 4.98 Å². The number of carbonyl (C=O) groups excluding carboxylic acids is 1. The number of para-hydroxylation sites is 1. The van der Waals surface area contributed by atoms with E-state index in [0.29, 0.717) is 11.6 Å². The van der Waals surface area contributed by atoms with Gasteiger partial charge in [0.05, 0.1) is 21.5 Å². The van der Waals surface area contributed by atoms with Gasteiger partial charge in [0.25, 0.3) is 5.56 Å². The maximum Gasteiger partial charge on any atom is 0.258 e. The van der Waals surface area contributed by atoms with Crippen LogP contribution in [0.25, 0.3) is 10.2 Å². The lowest BCUT2D eigenvalue weighted by atomic mass is 10.2. The Labute approximate surface area is 145 Å². The summed E-state index contributed by atoms with van der Waals surface area (Å²) in [5.74, 6) is -0.514. The molecular formula is C15H14N4O3S2. The lowest BCUT2D eigenvalue weighted by molar-refractivity contribution is -0.113. The number of anilines is 1. The van der Waals surface area contributed by atoms with E-state index in [2.05, 4.69) is 20.3 Å². The second-order valence-corrected chi connectivity index (χ2v) is 6.85. The lowest BCUT2D eigenvalue weighted by Gasteiger charge is -2.04. The molecule has 0 aliphatic carbocycles. The SMILES string of the molecule is CCc1c(O)nc(SCC(=O)Nc2nc3ccccc3s2)[nH]c1=O. The standard InChI is InChI=1S/C15H14N4O3S2/c1-2-8-12(21)18-14(19-13(8)22)23-7-11(20)17-15-16-9-5-3-4-6-10(9)24-15/h3-6H,2,7H2,1H3,(H,16,17,20)(H2,18,19,21,22). The molecule has 0 aliphatic heterocycles. The highest BCUT2D eigenvalue weighted by Crippen LogP contribution is 2.25. The Morgan fingerprint density at radius 2 is 2.17 bits per heavy atom. The van der Waals surface area contributed by atoms with Crippen LogP contribution in [-0.4, -0.2) is 31.7 Å². The summed E-state index contributed by atoms with van der Waals surface area (Å²) in [5, 5.41) is 13.1. The fraction of sp³-hybridized carbons (Fsp3) is 0.200. The average molecular weight is 362 g/mol. The van der Waals surface area contributed by atoms with Gasteiger partial charge < -0.3 is 15.4 Å². The fourth-order valence-electron chi connectivity index (χ4n) is 2.07. The largest absolute Gasteiger partial charge is 0.493 e. The molecule has 0 radical (unpaired) electrons. The first-order valence-electron chi connectivity index (χ1n) is 7.17. The van der Waals surface area contributed by atoms with E-state index in [0.717, 1.165) is 22.0 Å². The number of aromatic nitrogens is 3. The van der Waals surface area contributed by atoms with Crippen molar-refractivity contribution in [1.82, 2.24) is 15.0 Å². The minimum absolute atomic E-state index is 0.0454. The van der Waals surface area contributed by atoms with E-state index in [1.165, 1.54) is 11.3 Å². The predicted molar refractivity (Wildman–Crippen MR) is 94.9 cm³/mol. The molecule has 1 aromatic carbocycles. The molecule has 0 bridgehead atoms. The van der Waals surface area contributed by atoms with Crippen LogP contribution in [0.3, 0.4) is 0 Å². The van der Waals surface area contributed by atoms with E-state index in [4.69, 9.17) is 0 Å². The zero-order chi connectivity index (χ0) is 17.1. The number of aromatic amines is 1. The van der Waals surface area contributed by atoms with Gasteiger partial charge in [0.2, 0.25) is 11.8 Å². The number of benzene rings is 1. The molecule has 9 heteroatoms. The van der Waals surface area contributed by atoms with Gasteiger partial charge in [0.1, 0.15) is 0 Å². The number of aromatic hydroxyl groups is 1. The average Bonchev–Trinajstić information content (AvgIpc) is 2.95. The molecule has 0 fully saturated rings. The molecule has 7 nitrogen and oxygen atoms in total. The summed E-state index contributed by atoms with van der Waals surface area (Å²) in [4.78, 5) is 34.5. The van der Waals surface area contributed by atoms with Crippen LogP contribution in [0.1, 0.15) is 12.5 Å². The van der Waals surface area contributed by atoms with E-state index in [9.17, 15) is 14.7 Å². The Morgan fingerprint density at radius 3 is 2.88 bits per heavy atom. The van der Waals surface area contributed by atoms with Crippen molar-refractivity contribution in [3.05, 3.63) is 40.2 Å².